The predicted molar refractivity (Wildman–Crippen MR) is 204 cm³/mol. The second-order valence-corrected chi connectivity index (χ2v) is 12.7. The fraction of sp³-hybridized carbons (Fsp3) is 0. The van der Waals surface area contributed by atoms with Gasteiger partial charge < -0.3 is 18.2 Å². The largest absolute Gasteiger partial charge is 0.456 e. The molecule has 11 aromatic rings. The van der Waals surface area contributed by atoms with Gasteiger partial charge in [0.15, 0.2) is 11.2 Å². The van der Waals surface area contributed by atoms with Gasteiger partial charge in [-0.15, -0.1) is 0 Å². The first-order chi connectivity index (χ1) is 24.8. The zero-order valence-corrected chi connectivity index (χ0v) is 26.6. The van der Waals surface area contributed by atoms with E-state index >= 15 is 0 Å². The molecule has 0 aliphatic heterocycles. The normalized spacial score (nSPS) is 12.0. The van der Waals surface area contributed by atoms with Gasteiger partial charge in [-0.1, -0.05) is 91.0 Å². The SMILES string of the molecule is c1ccc2cc(N(c3ccc4c(c3)oc3cccc(-c5nc6ccccc6o5)c34)c3cccc4c3oc3ccc5ccccc5c34)ccc2c1. The second kappa shape index (κ2) is 10.3. The standard InChI is InChI=1S/C45H26N2O3/c1-2-11-29-25-30(21-19-27(29)9-1)47(37-16-7-13-34-42-32-12-4-3-10-28(32)20-24-40(42)49-44(34)37)31-22-23-33-41(26-31)48-39-18-8-14-35(43(33)39)45-46-36-15-5-6-17-38(36)50-45/h1-26H. The average molecular weight is 643 g/mol. The van der Waals surface area contributed by atoms with E-state index in [1.54, 1.807) is 0 Å². The molecule has 0 N–H and O–H groups in total. The molecule has 0 aliphatic carbocycles. The van der Waals surface area contributed by atoms with Crippen molar-refractivity contribution in [2.75, 3.05) is 4.90 Å². The van der Waals surface area contributed by atoms with Gasteiger partial charge in [-0.3, -0.25) is 0 Å². The quantitative estimate of drug-likeness (QED) is 0.191. The summed E-state index contributed by atoms with van der Waals surface area (Å²) in [7, 11) is 0. The molecule has 0 fully saturated rings. The lowest BCUT2D eigenvalue weighted by Crippen LogP contribution is -2.10. The highest BCUT2D eigenvalue weighted by atomic mass is 16.4. The van der Waals surface area contributed by atoms with Crippen LogP contribution in [0.2, 0.25) is 0 Å². The molecule has 3 aromatic heterocycles. The highest BCUT2D eigenvalue weighted by Crippen LogP contribution is 2.46. The van der Waals surface area contributed by atoms with Crippen molar-refractivity contribution < 1.29 is 13.3 Å². The van der Waals surface area contributed by atoms with Gasteiger partial charge in [0.2, 0.25) is 5.89 Å². The Balaban J connectivity index is 1.15. The number of hydrogen-bond donors (Lipinski definition) is 0. The summed E-state index contributed by atoms with van der Waals surface area (Å²) in [5, 5.41) is 8.88. The van der Waals surface area contributed by atoms with Gasteiger partial charge in [-0.05, 0) is 82.2 Å². The van der Waals surface area contributed by atoms with Crippen molar-refractivity contribution in [1.29, 1.82) is 0 Å². The Kier molecular flexibility index (Phi) is 5.60. The number of nitrogens with zero attached hydrogens (tertiary/aromatic N) is 2. The van der Waals surface area contributed by atoms with Crippen molar-refractivity contribution in [3.8, 4) is 11.5 Å². The number of hydrogen-bond acceptors (Lipinski definition) is 5. The van der Waals surface area contributed by atoms with Crippen molar-refractivity contribution in [2.24, 2.45) is 0 Å². The van der Waals surface area contributed by atoms with Crippen LogP contribution in [-0.2, 0) is 0 Å². The summed E-state index contributed by atoms with van der Waals surface area (Å²) in [6.07, 6.45) is 0. The first-order valence-electron chi connectivity index (χ1n) is 16.7. The third-order valence-corrected chi connectivity index (χ3v) is 9.86. The molecule has 8 aromatic carbocycles. The molecule has 0 atom stereocenters. The maximum Gasteiger partial charge on any atom is 0.228 e. The average Bonchev–Trinajstić information content (AvgIpc) is 3.88. The van der Waals surface area contributed by atoms with Crippen molar-refractivity contribution in [3.05, 3.63) is 158 Å². The van der Waals surface area contributed by atoms with Crippen LogP contribution in [-0.4, -0.2) is 4.98 Å². The van der Waals surface area contributed by atoms with E-state index in [1.165, 1.54) is 16.2 Å². The lowest BCUT2D eigenvalue weighted by atomic mass is 10.0. The Morgan fingerprint density at radius 2 is 1.14 bits per heavy atom. The van der Waals surface area contributed by atoms with Gasteiger partial charge in [-0.25, -0.2) is 4.98 Å². The zero-order chi connectivity index (χ0) is 32.8. The van der Waals surface area contributed by atoms with E-state index in [2.05, 4.69) is 120 Å². The van der Waals surface area contributed by atoms with E-state index in [4.69, 9.17) is 18.2 Å². The predicted octanol–water partition coefficient (Wildman–Crippen LogP) is 13.1. The first kappa shape index (κ1) is 27.1. The number of rotatable bonds is 4. The van der Waals surface area contributed by atoms with Crippen LogP contribution in [0.1, 0.15) is 0 Å². The van der Waals surface area contributed by atoms with Crippen LogP contribution in [0.4, 0.5) is 17.1 Å². The molecule has 0 saturated carbocycles. The summed E-state index contributed by atoms with van der Waals surface area (Å²) < 4.78 is 19.5. The molecule has 0 radical (unpaired) electrons. The van der Waals surface area contributed by atoms with Gasteiger partial charge in [0.05, 0.1) is 11.4 Å². The van der Waals surface area contributed by atoms with Crippen LogP contribution in [0, 0.1) is 0 Å². The third-order valence-electron chi connectivity index (χ3n) is 9.86. The minimum atomic E-state index is 0.574. The van der Waals surface area contributed by atoms with Gasteiger partial charge in [0.1, 0.15) is 22.3 Å². The van der Waals surface area contributed by atoms with Gasteiger partial charge in [0, 0.05) is 38.9 Å². The lowest BCUT2D eigenvalue weighted by Gasteiger charge is -2.26. The number of benzene rings is 8. The molecule has 0 bridgehead atoms. The van der Waals surface area contributed by atoms with E-state index in [1.807, 2.05) is 42.5 Å². The summed E-state index contributed by atoms with van der Waals surface area (Å²) in [6.45, 7) is 0. The number of furan rings is 2. The van der Waals surface area contributed by atoms with Crippen molar-refractivity contribution in [3.63, 3.8) is 0 Å². The summed E-state index contributed by atoms with van der Waals surface area (Å²) >= 11 is 0. The number of para-hydroxylation sites is 3. The number of anilines is 3. The van der Waals surface area contributed by atoms with E-state index in [9.17, 15) is 0 Å². The molecule has 0 unspecified atom stereocenters. The molecule has 0 spiro atoms. The molecule has 3 heterocycles. The fourth-order valence-electron chi connectivity index (χ4n) is 7.59. The van der Waals surface area contributed by atoms with Gasteiger partial charge in [-0.2, -0.15) is 0 Å². The maximum absolute atomic E-state index is 6.75. The number of oxazole rings is 1. The Hall–Kier alpha value is -6.85. The van der Waals surface area contributed by atoms with Gasteiger partial charge in [0.25, 0.3) is 0 Å². The summed E-state index contributed by atoms with van der Waals surface area (Å²) in [5.41, 5.74) is 8.64. The highest BCUT2D eigenvalue weighted by Gasteiger charge is 2.23. The first-order valence-corrected chi connectivity index (χ1v) is 16.7. The van der Waals surface area contributed by atoms with Crippen LogP contribution in [0.25, 0.3) is 88.0 Å². The summed E-state index contributed by atoms with van der Waals surface area (Å²) in [5.74, 6) is 0.574. The molecule has 0 aliphatic rings. The highest BCUT2D eigenvalue weighted by molar-refractivity contribution is 6.21. The fourth-order valence-corrected chi connectivity index (χ4v) is 7.59. The summed E-state index contributed by atoms with van der Waals surface area (Å²) in [6, 6.07) is 54.4. The monoisotopic (exact) mass is 642 g/mol. The van der Waals surface area contributed by atoms with Crippen LogP contribution >= 0.6 is 0 Å². The Labute approximate surface area is 285 Å². The Morgan fingerprint density at radius 1 is 0.420 bits per heavy atom. The smallest absolute Gasteiger partial charge is 0.228 e. The molecular weight excluding hydrogens is 617 g/mol. The molecule has 50 heavy (non-hydrogen) atoms. The minimum Gasteiger partial charge on any atom is -0.456 e. The zero-order valence-electron chi connectivity index (χ0n) is 26.6. The van der Waals surface area contributed by atoms with E-state index in [0.717, 1.165) is 83.0 Å². The molecular formula is C45H26N2O3. The van der Waals surface area contributed by atoms with E-state index in [-0.39, 0.29) is 0 Å². The van der Waals surface area contributed by atoms with E-state index < -0.39 is 0 Å². The number of fused-ring (bicyclic) bond motifs is 10. The van der Waals surface area contributed by atoms with Crippen LogP contribution in [0.5, 0.6) is 0 Å². The van der Waals surface area contributed by atoms with Crippen molar-refractivity contribution >= 4 is 93.6 Å². The second-order valence-electron chi connectivity index (χ2n) is 12.7. The molecule has 0 saturated heterocycles. The van der Waals surface area contributed by atoms with Crippen molar-refractivity contribution in [2.45, 2.75) is 0 Å². The maximum atomic E-state index is 6.75. The Morgan fingerprint density at radius 3 is 2.08 bits per heavy atom. The molecule has 234 valence electrons. The molecule has 5 heteroatoms. The molecule has 5 nitrogen and oxygen atoms in total. The topological polar surface area (TPSA) is 55.6 Å². The summed E-state index contributed by atoms with van der Waals surface area (Å²) in [4.78, 5) is 7.08. The van der Waals surface area contributed by atoms with Crippen LogP contribution in [0.15, 0.2) is 171 Å². The van der Waals surface area contributed by atoms with Crippen molar-refractivity contribution in [1.82, 2.24) is 4.98 Å². The third kappa shape index (κ3) is 3.98. The molecule has 11 rings (SSSR count). The van der Waals surface area contributed by atoms with Crippen LogP contribution < -0.4 is 4.90 Å². The Bertz CT molecular complexity index is 3090. The number of aromatic nitrogens is 1. The minimum absolute atomic E-state index is 0.574. The van der Waals surface area contributed by atoms with Gasteiger partial charge >= 0.3 is 0 Å². The lowest BCUT2D eigenvalue weighted by molar-refractivity contribution is 0.620. The van der Waals surface area contributed by atoms with E-state index in [0.29, 0.717) is 5.89 Å². The van der Waals surface area contributed by atoms with Crippen LogP contribution in [0.3, 0.4) is 0 Å². The molecule has 0 amide bonds.